The van der Waals surface area contributed by atoms with Crippen LogP contribution in [0.3, 0.4) is 0 Å². The number of aromatic amines is 1. The molecule has 0 saturated carbocycles. The second-order valence-corrected chi connectivity index (χ2v) is 4.52. The predicted octanol–water partition coefficient (Wildman–Crippen LogP) is 2.73. The van der Waals surface area contributed by atoms with Crippen LogP contribution in [0.15, 0.2) is 35.4 Å². The standard InChI is InChI=1S/C12H11Cl2N3O/c13-9-2-1-8(10(14)7-9)3-4-15-11-12(18)17-6-5-16-11/h1-2,5-7H,3-4H2,(H,15,16)(H,17,18). The number of H-pyrrole nitrogens is 1. The molecule has 4 nitrogen and oxygen atoms in total. The summed E-state index contributed by atoms with van der Waals surface area (Å²) in [6.07, 6.45) is 3.70. The van der Waals surface area contributed by atoms with Crippen LogP contribution < -0.4 is 10.9 Å². The van der Waals surface area contributed by atoms with Crippen molar-refractivity contribution in [1.82, 2.24) is 9.97 Å². The van der Waals surface area contributed by atoms with E-state index in [-0.39, 0.29) is 5.56 Å². The van der Waals surface area contributed by atoms with Crippen molar-refractivity contribution >= 4 is 29.0 Å². The highest BCUT2D eigenvalue weighted by Gasteiger charge is 2.02. The fourth-order valence-electron chi connectivity index (χ4n) is 1.52. The molecule has 94 valence electrons. The molecule has 0 saturated heterocycles. The van der Waals surface area contributed by atoms with Gasteiger partial charge in [-0.3, -0.25) is 4.79 Å². The van der Waals surface area contributed by atoms with Crippen molar-refractivity contribution in [3.63, 3.8) is 0 Å². The largest absolute Gasteiger partial charge is 0.365 e. The summed E-state index contributed by atoms with van der Waals surface area (Å²) in [5.74, 6) is 0.308. The predicted molar refractivity (Wildman–Crippen MR) is 73.5 cm³/mol. The minimum absolute atomic E-state index is 0.236. The number of halogens is 2. The molecule has 0 radical (unpaired) electrons. The summed E-state index contributed by atoms with van der Waals surface area (Å²) in [5, 5.41) is 4.19. The molecule has 0 bridgehead atoms. The van der Waals surface area contributed by atoms with Crippen LogP contribution in [0.5, 0.6) is 0 Å². The van der Waals surface area contributed by atoms with Crippen molar-refractivity contribution < 1.29 is 0 Å². The molecule has 2 rings (SSSR count). The highest BCUT2D eigenvalue weighted by molar-refractivity contribution is 6.35. The first-order chi connectivity index (χ1) is 8.66. The maximum absolute atomic E-state index is 11.3. The van der Waals surface area contributed by atoms with Crippen molar-refractivity contribution in [2.24, 2.45) is 0 Å². The van der Waals surface area contributed by atoms with Crippen LogP contribution in [0.1, 0.15) is 5.56 Å². The van der Waals surface area contributed by atoms with Gasteiger partial charge in [0.15, 0.2) is 5.82 Å². The Kier molecular flexibility index (Phi) is 4.23. The van der Waals surface area contributed by atoms with Gasteiger partial charge in [0.25, 0.3) is 5.56 Å². The third kappa shape index (κ3) is 3.24. The second kappa shape index (κ2) is 5.89. The maximum atomic E-state index is 11.3. The molecule has 0 aliphatic rings. The monoisotopic (exact) mass is 283 g/mol. The lowest BCUT2D eigenvalue weighted by Gasteiger charge is -2.06. The van der Waals surface area contributed by atoms with Gasteiger partial charge in [-0.15, -0.1) is 0 Å². The number of nitrogens with zero attached hydrogens (tertiary/aromatic N) is 1. The maximum Gasteiger partial charge on any atom is 0.290 e. The molecule has 2 N–H and O–H groups in total. The Morgan fingerprint density at radius 1 is 1.33 bits per heavy atom. The third-order valence-corrected chi connectivity index (χ3v) is 3.00. The molecule has 0 fully saturated rings. The van der Waals surface area contributed by atoms with E-state index < -0.39 is 0 Å². The van der Waals surface area contributed by atoms with Crippen LogP contribution in [-0.2, 0) is 6.42 Å². The van der Waals surface area contributed by atoms with E-state index in [9.17, 15) is 4.79 Å². The molecule has 0 amide bonds. The molecule has 0 atom stereocenters. The van der Waals surface area contributed by atoms with Gasteiger partial charge in [0.1, 0.15) is 0 Å². The lowest BCUT2D eigenvalue weighted by Crippen LogP contribution is -2.17. The summed E-state index contributed by atoms with van der Waals surface area (Å²) in [4.78, 5) is 17.8. The van der Waals surface area contributed by atoms with Crippen LogP contribution in [0.4, 0.5) is 5.82 Å². The van der Waals surface area contributed by atoms with E-state index >= 15 is 0 Å². The minimum Gasteiger partial charge on any atom is -0.365 e. The average molecular weight is 284 g/mol. The Bertz CT molecular complexity index is 598. The lowest BCUT2D eigenvalue weighted by atomic mass is 10.1. The highest BCUT2D eigenvalue weighted by atomic mass is 35.5. The van der Waals surface area contributed by atoms with Crippen molar-refractivity contribution in [3.05, 3.63) is 56.6 Å². The molecule has 1 aromatic heterocycles. The Balaban J connectivity index is 1.97. The quantitative estimate of drug-likeness (QED) is 0.907. The summed E-state index contributed by atoms with van der Waals surface area (Å²) in [5.41, 5.74) is 0.737. The smallest absolute Gasteiger partial charge is 0.290 e. The van der Waals surface area contributed by atoms with E-state index in [1.807, 2.05) is 6.07 Å². The fraction of sp³-hybridized carbons (Fsp3) is 0.167. The number of rotatable bonds is 4. The van der Waals surface area contributed by atoms with E-state index in [0.29, 0.717) is 28.8 Å². The molecule has 18 heavy (non-hydrogen) atoms. The van der Waals surface area contributed by atoms with Gasteiger partial charge in [0.2, 0.25) is 0 Å². The van der Waals surface area contributed by atoms with Gasteiger partial charge < -0.3 is 10.3 Å². The van der Waals surface area contributed by atoms with Crippen molar-refractivity contribution in [2.75, 3.05) is 11.9 Å². The zero-order valence-corrected chi connectivity index (χ0v) is 10.9. The van der Waals surface area contributed by atoms with Crippen LogP contribution >= 0.6 is 23.2 Å². The number of hydrogen-bond acceptors (Lipinski definition) is 3. The zero-order valence-electron chi connectivity index (χ0n) is 9.41. The SMILES string of the molecule is O=c1[nH]ccnc1NCCc1ccc(Cl)cc1Cl. The minimum atomic E-state index is -0.236. The molecule has 0 aliphatic carbocycles. The third-order valence-electron chi connectivity index (χ3n) is 2.41. The average Bonchev–Trinajstić information content (AvgIpc) is 2.34. The zero-order chi connectivity index (χ0) is 13.0. The molecule has 1 aromatic carbocycles. The molecule has 0 spiro atoms. The summed E-state index contributed by atoms with van der Waals surface area (Å²) in [6.45, 7) is 0.571. The Labute approximate surface area is 114 Å². The van der Waals surface area contributed by atoms with Gasteiger partial charge in [-0.1, -0.05) is 29.3 Å². The normalized spacial score (nSPS) is 10.3. The molecule has 0 unspecified atom stereocenters. The summed E-state index contributed by atoms with van der Waals surface area (Å²) >= 11 is 11.9. The van der Waals surface area contributed by atoms with E-state index in [0.717, 1.165) is 5.56 Å². The van der Waals surface area contributed by atoms with Gasteiger partial charge in [-0.2, -0.15) is 0 Å². The van der Waals surface area contributed by atoms with Crippen LogP contribution in [0.2, 0.25) is 10.0 Å². The summed E-state index contributed by atoms with van der Waals surface area (Å²) in [7, 11) is 0. The van der Waals surface area contributed by atoms with Crippen LogP contribution in [0, 0.1) is 0 Å². The van der Waals surface area contributed by atoms with Gasteiger partial charge in [0, 0.05) is 29.0 Å². The Hall–Kier alpha value is -1.52. The lowest BCUT2D eigenvalue weighted by molar-refractivity contribution is 0.990. The van der Waals surface area contributed by atoms with Crippen LogP contribution in [-0.4, -0.2) is 16.5 Å². The summed E-state index contributed by atoms with van der Waals surface area (Å²) in [6, 6.07) is 5.36. The Morgan fingerprint density at radius 3 is 2.89 bits per heavy atom. The van der Waals surface area contributed by atoms with Gasteiger partial charge in [0.05, 0.1) is 0 Å². The van der Waals surface area contributed by atoms with Gasteiger partial charge >= 0.3 is 0 Å². The molecule has 1 heterocycles. The first-order valence-corrected chi connectivity index (χ1v) is 6.14. The topological polar surface area (TPSA) is 57.8 Å². The number of nitrogens with one attached hydrogen (secondary N) is 2. The van der Waals surface area contributed by atoms with E-state index in [1.165, 1.54) is 12.4 Å². The number of anilines is 1. The van der Waals surface area contributed by atoms with E-state index in [1.54, 1.807) is 12.1 Å². The molecular formula is C12H11Cl2N3O. The molecule has 2 aromatic rings. The number of hydrogen-bond donors (Lipinski definition) is 2. The van der Waals surface area contributed by atoms with Crippen molar-refractivity contribution in [3.8, 4) is 0 Å². The fourth-order valence-corrected chi connectivity index (χ4v) is 2.02. The van der Waals surface area contributed by atoms with Gasteiger partial charge in [-0.05, 0) is 24.1 Å². The second-order valence-electron chi connectivity index (χ2n) is 3.68. The summed E-state index contributed by atoms with van der Waals surface area (Å²) < 4.78 is 0. The first-order valence-electron chi connectivity index (χ1n) is 5.38. The molecular weight excluding hydrogens is 273 g/mol. The first kappa shape index (κ1) is 12.9. The van der Waals surface area contributed by atoms with Gasteiger partial charge in [-0.25, -0.2) is 4.98 Å². The van der Waals surface area contributed by atoms with E-state index in [2.05, 4.69) is 15.3 Å². The van der Waals surface area contributed by atoms with E-state index in [4.69, 9.17) is 23.2 Å². The van der Waals surface area contributed by atoms with Crippen molar-refractivity contribution in [1.29, 1.82) is 0 Å². The highest BCUT2D eigenvalue weighted by Crippen LogP contribution is 2.21. The number of benzene rings is 1. The molecule has 0 aliphatic heterocycles. The van der Waals surface area contributed by atoms with Crippen molar-refractivity contribution in [2.45, 2.75) is 6.42 Å². The van der Waals surface area contributed by atoms with Crippen LogP contribution in [0.25, 0.3) is 0 Å². The number of aromatic nitrogens is 2. The molecule has 6 heteroatoms. The Morgan fingerprint density at radius 2 is 2.17 bits per heavy atom.